The molecule has 0 radical (unpaired) electrons. The molecule has 5 aromatic carbocycles. The van der Waals surface area contributed by atoms with E-state index >= 15 is 9.59 Å². The Morgan fingerprint density at radius 2 is 1.34 bits per heavy atom. The molecule has 0 spiro atoms. The van der Waals surface area contributed by atoms with Gasteiger partial charge in [-0.1, -0.05) is 121 Å². The molecule has 4 aliphatic rings. The molecule has 6 heteroatoms. The van der Waals surface area contributed by atoms with Crippen LogP contribution in [0, 0.1) is 23.7 Å². The predicted molar refractivity (Wildman–Crippen MR) is 191 cm³/mol. The van der Waals surface area contributed by atoms with Gasteiger partial charge in [-0.05, 0) is 64.9 Å². The van der Waals surface area contributed by atoms with Gasteiger partial charge in [-0.2, -0.15) is 0 Å². The van der Waals surface area contributed by atoms with Crippen LogP contribution in [0.3, 0.4) is 0 Å². The number of Topliss-reactive ketones (excluding diaryl/α,β-unsaturated/α-hetero) is 1. The number of para-hydroxylation sites is 1. The Balaban J connectivity index is 1.33. The summed E-state index contributed by atoms with van der Waals surface area (Å²) >= 11 is 0. The van der Waals surface area contributed by atoms with Crippen LogP contribution in [0.2, 0.25) is 0 Å². The quantitative estimate of drug-likeness (QED) is 0.159. The molecular weight excluding hydrogens is 622 g/mol. The van der Waals surface area contributed by atoms with Gasteiger partial charge in [-0.15, -0.1) is 0 Å². The number of aromatic hydroxyl groups is 1. The van der Waals surface area contributed by atoms with Crippen LogP contribution in [0.25, 0.3) is 16.3 Å². The average Bonchev–Trinajstić information content (AvgIpc) is 3.42. The van der Waals surface area contributed by atoms with Gasteiger partial charge in [0.1, 0.15) is 5.75 Å². The summed E-state index contributed by atoms with van der Waals surface area (Å²) < 4.78 is 0. The maximum Gasteiger partial charge on any atom is 0.238 e. The zero-order chi connectivity index (χ0) is 34.1. The number of ketones is 2. The van der Waals surface area contributed by atoms with Crippen LogP contribution in [0.4, 0.5) is 5.69 Å². The van der Waals surface area contributed by atoms with Gasteiger partial charge in [0.2, 0.25) is 11.8 Å². The third kappa shape index (κ3) is 4.14. The number of amides is 2. The fourth-order valence-corrected chi connectivity index (χ4v) is 9.61. The molecule has 1 N–H and O–H groups in total. The lowest BCUT2D eigenvalue weighted by molar-refractivity contribution is -0.135. The molecule has 50 heavy (non-hydrogen) atoms. The van der Waals surface area contributed by atoms with E-state index in [1.165, 1.54) is 11.0 Å². The molecule has 9 rings (SSSR count). The topological polar surface area (TPSA) is 91.8 Å². The van der Waals surface area contributed by atoms with Crippen molar-refractivity contribution in [3.63, 3.8) is 0 Å². The molecule has 244 valence electrons. The van der Waals surface area contributed by atoms with Crippen LogP contribution < -0.4 is 4.90 Å². The molecule has 0 aromatic heterocycles. The lowest BCUT2D eigenvalue weighted by atomic mass is 9.44. The molecule has 5 aromatic rings. The van der Waals surface area contributed by atoms with Crippen molar-refractivity contribution in [2.24, 2.45) is 23.7 Å². The highest BCUT2D eigenvalue weighted by Gasteiger charge is 2.66. The van der Waals surface area contributed by atoms with E-state index in [9.17, 15) is 14.7 Å². The van der Waals surface area contributed by atoms with E-state index in [1.807, 2.05) is 103 Å². The second-order valence-electron chi connectivity index (χ2n) is 13.9. The van der Waals surface area contributed by atoms with E-state index in [2.05, 4.69) is 0 Å². The molecule has 3 aliphatic carbocycles. The maximum absolute atomic E-state index is 15.3. The first kappa shape index (κ1) is 30.2. The summed E-state index contributed by atoms with van der Waals surface area (Å²) in [6.45, 7) is 0. The Kier molecular flexibility index (Phi) is 6.85. The lowest BCUT2D eigenvalue weighted by Gasteiger charge is -2.55. The average molecular weight is 656 g/mol. The zero-order valence-corrected chi connectivity index (χ0v) is 27.1. The first-order valence-electron chi connectivity index (χ1n) is 17.2. The molecule has 1 aliphatic heterocycles. The standard InChI is InChI=1S/C44H33NO5/c46-36-23-20-27-14-10-11-19-30(27)39(36)40-31-21-22-32-38(43(50)45(42(32)49)29-17-8-3-9-18-29)34(31)24-35-41(48)33(26-12-4-1-5-13-26)25-37(47)44(35,40)28-15-6-2-7-16-28/h1-21,23,25,32,34-35,38,40,46H,22,24H2/t32-,34+,35-,38-,40+,44-/m0/s1. The summed E-state index contributed by atoms with van der Waals surface area (Å²) in [5.74, 6) is -4.42. The SMILES string of the molecule is O=C1C(c2ccccc2)=CC(=O)[C@@]2(c3ccccc3)[C@@H](c3c(O)ccc4ccccc34)C3=CC[C@@H]4C(=O)N(c5ccccc5)C(=O)[C@@H]4[C@@H]3C[C@@H]12. The van der Waals surface area contributed by atoms with Crippen molar-refractivity contribution in [1.29, 1.82) is 0 Å². The smallest absolute Gasteiger partial charge is 0.238 e. The number of rotatable bonds is 4. The van der Waals surface area contributed by atoms with Crippen LogP contribution in [0.1, 0.15) is 35.4 Å². The number of carbonyl (C=O) groups excluding carboxylic acids is 4. The van der Waals surface area contributed by atoms with Crippen molar-refractivity contribution in [1.82, 2.24) is 0 Å². The van der Waals surface area contributed by atoms with E-state index in [-0.39, 0.29) is 35.6 Å². The zero-order valence-electron chi connectivity index (χ0n) is 27.1. The molecule has 6 atom stereocenters. The molecule has 1 saturated heterocycles. The highest BCUT2D eigenvalue weighted by molar-refractivity contribution is 6.32. The van der Waals surface area contributed by atoms with Crippen molar-refractivity contribution in [3.8, 4) is 5.75 Å². The Morgan fingerprint density at radius 3 is 2.08 bits per heavy atom. The predicted octanol–water partition coefficient (Wildman–Crippen LogP) is 7.57. The summed E-state index contributed by atoms with van der Waals surface area (Å²) in [6, 6.07) is 38.9. The van der Waals surface area contributed by atoms with Gasteiger partial charge in [0, 0.05) is 23.0 Å². The number of allylic oxidation sites excluding steroid dienone is 4. The molecular formula is C44H33NO5. The molecule has 1 heterocycles. The highest BCUT2D eigenvalue weighted by Crippen LogP contribution is 2.65. The normalized spacial score (nSPS) is 27.4. The number of carbonyl (C=O) groups is 4. The van der Waals surface area contributed by atoms with Crippen LogP contribution in [-0.2, 0) is 24.6 Å². The molecule has 0 bridgehead atoms. The van der Waals surface area contributed by atoms with Crippen LogP contribution in [-0.4, -0.2) is 28.5 Å². The lowest BCUT2D eigenvalue weighted by Crippen LogP contribution is -2.58. The fraction of sp³-hybridized carbons (Fsp3) is 0.182. The summed E-state index contributed by atoms with van der Waals surface area (Å²) in [7, 11) is 0. The third-order valence-electron chi connectivity index (χ3n) is 11.6. The van der Waals surface area contributed by atoms with Gasteiger partial charge >= 0.3 is 0 Å². The Bertz CT molecular complexity index is 2290. The van der Waals surface area contributed by atoms with Crippen molar-refractivity contribution < 1.29 is 24.3 Å². The number of hydrogen-bond acceptors (Lipinski definition) is 5. The van der Waals surface area contributed by atoms with Crippen LogP contribution >= 0.6 is 0 Å². The maximum atomic E-state index is 15.3. The number of fused-ring (bicyclic) bond motifs is 5. The van der Waals surface area contributed by atoms with Crippen LogP contribution in [0.15, 0.2) is 145 Å². The first-order valence-corrected chi connectivity index (χ1v) is 17.2. The van der Waals surface area contributed by atoms with Crippen molar-refractivity contribution in [2.45, 2.75) is 24.2 Å². The van der Waals surface area contributed by atoms with E-state index in [0.717, 1.165) is 16.3 Å². The summed E-state index contributed by atoms with van der Waals surface area (Å²) in [4.78, 5) is 60.3. The van der Waals surface area contributed by atoms with Gasteiger partial charge in [-0.25, -0.2) is 0 Å². The van der Waals surface area contributed by atoms with Crippen molar-refractivity contribution in [2.75, 3.05) is 4.90 Å². The second-order valence-corrected chi connectivity index (χ2v) is 13.9. The van der Waals surface area contributed by atoms with Gasteiger partial charge in [0.15, 0.2) is 11.6 Å². The monoisotopic (exact) mass is 655 g/mol. The Morgan fingerprint density at radius 1 is 0.680 bits per heavy atom. The molecule has 0 unspecified atom stereocenters. The number of hydrogen-bond donors (Lipinski definition) is 1. The van der Waals surface area contributed by atoms with Gasteiger partial charge in [0.25, 0.3) is 0 Å². The largest absolute Gasteiger partial charge is 0.508 e. The number of phenols is 1. The summed E-state index contributed by atoms with van der Waals surface area (Å²) in [5, 5.41) is 13.5. The van der Waals surface area contributed by atoms with Crippen molar-refractivity contribution in [3.05, 3.63) is 162 Å². The number of anilines is 1. The second kappa shape index (κ2) is 11.3. The molecule has 6 nitrogen and oxygen atoms in total. The van der Waals surface area contributed by atoms with E-state index < -0.39 is 35.0 Å². The van der Waals surface area contributed by atoms with E-state index in [4.69, 9.17) is 0 Å². The van der Waals surface area contributed by atoms with E-state index in [1.54, 1.807) is 30.3 Å². The van der Waals surface area contributed by atoms with E-state index in [0.29, 0.717) is 34.4 Å². The van der Waals surface area contributed by atoms with Crippen LogP contribution in [0.5, 0.6) is 5.75 Å². The van der Waals surface area contributed by atoms with Gasteiger partial charge in [-0.3, -0.25) is 24.1 Å². The minimum Gasteiger partial charge on any atom is -0.508 e. The number of imide groups is 1. The minimum atomic E-state index is -1.42. The molecule has 2 fully saturated rings. The number of phenolic OH excluding ortho intramolecular Hbond substituents is 1. The first-order chi connectivity index (χ1) is 24.4. The summed E-state index contributed by atoms with van der Waals surface area (Å²) in [6.07, 6.45) is 4.06. The van der Waals surface area contributed by atoms with Gasteiger partial charge < -0.3 is 5.11 Å². The minimum absolute atomic E-state index is 0.0178. The fourth-order valence-electron chi connectivity index (χ4n) is 9.61. The Hall–Kier alpha value is -5.88. The molecule has 1 saturated carbocycles. The van der Waals surface area contributed by atoms with Gasteiger partial charge in [0.05, 0.1) is 22.9 Å². The molecule has 2 amide bonds. The number of benzene rings is 5. The summed E-state index contributed by atoms with van der Waals surface area (Å²) in [5.41, 5.74) is 2.17. The van der Waals surface area contributed by atoms with Crippen molar-refractivity contribution >= 4 is 45.4 Å². The highest BCUT2D eigenvalue weighted by atomic mass is 16.3. The number of nitrogens with zero attached hydrogens (tertiary/aromatic N) is 1. The third-order valence-corrected chi connectivity index (χ3v) is 11.6. The Labute approximate surface area is 289 Å².